The predicted molar refractivity (Wildman–Crippen MR) is 58.8 cm³/mol. The van der Waals surface area contributed by atoms with Gasteiger partial charge in [-0.3, -0.25) is 0 Å². The summed E-state index contributed by atoms with van der Waals surface area (Å²) in [5.41, 5.74) is 1.45. The molecule has 1 rings (SSSR count). The number of nitrogens with zero attached hydrogens (tertiary/aromatic N) is 1. The van der Waals surface area contributed by atoms with Crippen LogP contribution in [0.15, 0.2) is 36.5 Å². The van der Waals surface area contributed by atoms with Crippen LogP contribution in [0.5, 0.6) is 0 Å². The van der Waals surface area contributed by atoms with Crippen molar-refractivity contribution >= 4 is 0 Å². The van der Waals surface area contributed by atoms with Gasteiger partial charge in [0.2, 0.25) is 0 Å². The maximum absolute atomic E-state index is 3.72. The van der Waals surface area contributed by atoms with Gasteiger partial charge in [-0.2, -0.15) is 0 Å². The number of unbranched alkanes of at least 4 members (excludes halogenated alkanes) is 1. The molecule has 1 aliphatic rings. The second-order valence-corrected chi connectivity index (χ2v) is 3.57. The Bertz CT molecular complexity index is 213. The second kappa shape index (κ2) is 5.76. The van der Waals surface area contributed by atoms with Crippen LogP contribution in [0.1, 0.15) is 19.3 Å². The van der Waals surface area contributed by atoms with E-state index in [0.717, 1.165) is 19.4 Å². The minimum atomic E-state index is 1.08. The van der Waals surface area contributed by atoms with E-state index in [1.807, 2.05) is 6.08 Å². The number of hydrogen-bond acceptors (Lipinski definition) is 1. The standard InChI is InChI=1S/C12H19N/c1-3-4-5-8-12-9-6-7-10-13(2)11-12/h3,6,8-9H,1,4-5,7,10-11H2,2H3/b12-8+. The molecule has 72 valence electrons. The van der Waals surface area contributed by atoms with Gasteiger partial charge in [0.05, 0.1) is 0 Å². The van der Waals surface area contributed by atoms with Gasteiger partial charge >= 0.3 is 0 Å². The molecule has 0 spiro atoms. The lowest BCUT2D eigenvalue weighted by Gasteiger charge is -2.13. The van der Waals surface area contributed by atoms with Crippen molar-refractivity contribution in [1.82, 2.24) is 4.90 Å². The van der Waals surface area contributed by atoms with Gasteiger partial charge in [-0.25, -0.2) is 0 Å². The molecule has 0 saturated heterocycles. The molecule has 0 saturated carbocycles. The van der Waals surface area contributed by atoms with Gasteiger partial charge in [0.1, 0.15) is 0 Å². The van der Waals surface area contributed by atoms with Crippen molar-refractivity contribution in [1.29, 1.82) is 0 Å². The first-order valence-electron chi connectivity index (χ1n) is 4.98. The third-order valence-electron chi connectivity index (χ3n) is 2.24. The number of hydrogen-bond donors (Lipinski definition) is 0. The molecule has 0 unspecified atom stereocenters. The molecule has 1 nitrogen and oxygen atoms in total. The fraction of sp³-hybridized carbons (Fsp3) is 0.500. The molecule has 0 atom stereocenters. The van der Waals surface area contributed by atoms with Crippen molar-refractivity contribution in [2.75, 3.05) is 20.1 Å². The van der Waals surface area contributed by atoms with E-state index in [9.17, 15) is 0 Å². The molecule has 1 heteroatoms. The van der Waals surface area contributed by atoms with Crippen molar-refractivity contribution in [3.8, 4) is 0 Å². The van der Waals surface area contributed by atoms with E-state index in [1.165, 1.54) is 18.5 Å². The summed E-state index contributed by atoms with van der Waals surface area (Å²) in [7, 11) is 2.17. The van der Waals surface area contributed by atoms with Crippen LogP contribution in [0.4, 0.5) is 0 Å². The molecule has 0 aromatic carbocycles. The van der Waals surface area contributed by atoms with E-state index in [2.05, 4.69) is 36.8 Å². The normalized spacial score (nSPS) is 21.8. The van der Waals surface area contributed by atoms with Crippen LogP contribution in [0.25, 0.3) is 0 Å². The molecular weight excluding hydrogens is 158 g/mol. The van der Waals surface area contributed by atoms with Crippen LogP contribution in [0, 0.1) is 0 Å². The summed E-state index contributed by atoms with van der Waals surface area (Å²) in [5.74, 6) is 0. The smallest absolute Gasteiger partial charge is 0.0227 e. The third-order valence-corrected chi connectivity index (χ3v) is 2.24. The maximum Gasteiger partial charge on any atom is 0.0227 e. The lowest BCUT2D eigenvalue weighted by molar-refractivity contribution is 0.376. The zero-order valence-electron chi connectivity index (χ0n) is 8.50. The predicted octanol–water partition coefficient (Wildman–Crippen LogP) is 2.77. The molecule has 0 aromatic heterocycles. The Kier molecular flexibility index (Phi) is 4.55. The highest BCUT2D eigenvalue weighted by atomic mass is 15.1. The highest BCUT2D eigenvalue weighted by Gasteiger charge is 2.02. The summed E-state index contributed by atoms with van der Waals surface area (Å²) in [4.78, 5) is 2.36. The van der Waals surface area contributed by atoms with E-state index in [0.29, 0.717) is 0 Å². The molecule has 1 aliphatic heterocycles. The highest BCUT2D eigenvalue weighted by molar-refractivity contribution is 5.21. The number of rotatable bonds is 3. The molecule has 1 heterocycles. The van der Waals surface area contributed by atoms with E-state index in [-0.39, 0.29) is 0 Å². The van der Waals surface area contributed by atoms with E-state index in [1.54, 1.807) is 0 Å². The van der Waals surface area contributed by atoms with Gasteiger partial charge in [-0.05, 0) is 31.9 Å². The van der Waals surface area contributed by atoms with Crippen molar-refractivity contribution < 1.29 is 0 Å². The van der Waals surface area contributed by atoms with Crippen molar-refractivity contribution in [2.24, 2.45) is 0 Å². The Morgan fingerprint density at radius 3 is 3.15 bits per heavy atom. The molecule has 0 aromatic rings. The van der Waals surface area contributed by atoms with Crippen LogP contribution in [0.3, 0.4) is 0 Å². The monoisotopic (exact) mass is 177 g/mol. The first kappa shape index (κ1) is 10.3. The first-order valence-corrected chi connectivity index (χ1v) is 4.98. The maximum atomic E-state index is 3.72. The molecule has 0 radical (unpaired) electrons. The van der Waals surface area contributed by atoms with Crippen LogP contribution in [-0.2, 0) is 0 Å². The molecular formula is C12H19N. The molecule has 0 aliphatic carbocycles. The van der Waals surface area contributed by atoms with Crippen LogP contribution >= 0.6 is 0 Å². The number of likely N-dealkylation sites (N-methyl/N-ethyl adjacent to an activating group) is 1. The Hall–Kier alpha value is -0.820. The van der Waals surface area contributed by atoms with Gasteiger partial charge in [-0.1, -0.05) is 24.3 Å². The summed E-state index contributed by atoms with van der Waals surface area (Å²) in [6.45, 7) is 5.99. The van der Waals surface area contributed by atoms with Crippen molar-refractivity contribution in [3.63, 3.8) is 0 Å². The largest absolute Gasteiger partial charge is 0.302 e. The molecule has 0 bridgehead atoms. The van der Waals surface area contributed by atoms with Crippen LogP contribution < -0.4 is 0 Å². The van der Waals surface area contributed by atoms with Gasteiger partial charge in [0.25, 0.3) is 0 Å². The van der Waals surface area contributed by atoms with Gasteiger partial charge < -0.3 is 4.90 Å². The first-order chi connectivity index (χ1) is 6.33. The molecule has 0 fully saturated rings. The quantitative estimate of drug-likeness (QED) is 0.473. The summed E-state index contributed by atoms with van der Waals surface area (Å²) < 4.78 is 0. The summed E-state index contributed by atoms with van der Waals surface area (Å²) >= 11 is 0. The van der Waals surface area contributed by atoms with Gasteiger partial charge in [0, 0.05) is 13.1 Å². The summed E-state index contributed by atoms with van der Waals surface area (Å²) in [6.07, 6.45) is 12.2. The minimum absolute atomic E-state index is 1.08. The summed E-state index contributed by atoms with van der Waals surface area (Å²) in [5, 5.41) is 0. The molecule has 0 amide bonds. The average Bonchev–Trinajstić information content (AvgIpc) is 2.31. The minimum Gasteiger partial charge on any atom is -0.302 e. The number of allylic oxidation sites excluding steroid dienone is 2. The highest BCUT2D eigenvalue weighted by Crippen LogP contribution is 2.08. The van der Waals surface area contributed by atoms with Crippen LogP contribution in [0.2, 0.25) is 0 Å². The zero-order valence-corrected chi connectivity index (χ0v) is 8.50. The van der Waals surface area contributed by atoms with Gasteiger partial charge in [0.15, 0.2) is 0 Å². The summed E-state index contributed by atoms with van der Waals surface area (Å²) in [6, 6.07) is 0. The van der Waals surface area contributed by atoms with Crippen molar-refractivity contribution in [3.05, 3.63) is 36.5 Å². The topological polar surface area (TPSA) is 3.24 Å². The molecule has 0 N–H and O–H groups in total. The molecule has 13 heavy (non-hydrogen) atoms. The Balaban J connectivity index is 2.45. The zero-order chi connectivity index (χ0) is 9.52. The fourth-order valence-electron chi connectivity index (χ4n) is 1.49. The SMILES string of the molecule is C=CCC/C=C1\C=CCCN(C)C1. The Morgan fingerprint density at radius 2 is 2.38 bits per heavy atom. The lowest BCUT2D eigenvalue weighted by Crippen LogP contribution is -2.19. The lowest BCUT2D eigenvalue weighted by atomic mass is 10.1. The fourth-order valence-corrected chi connectivity index (χ4v) is 1.49. The van der Waals surface area contributed by atoms with E-state index < -0.39 is 0 Å². The third kappa shape index (κ3) is 4.09. The van der Waals surface area contributed by atoms with Crippen molar-refractivity contribution in [2.45, 2.75) is 19.3 Å². The van der Waals surface area contributed by atoms with E-state index in [4.69, 9.17) is 0 Å². The Labute approximate surface area is 81.4 Å². The van der Waals surface area contributed by atoms with E-state index >= 15 is 0 Å². The van der Waals surface area contributed by atoms with Crippen LogP contribution in [-0.4, -0.2) is 25.0 Å². The Morgan fingerprint density at radius 1 is 1.54 bits per heavy atom. The second-order valence-electron chi connectivity index (χ2n) is 3.57. The van der Waals surface area contributed by atoms with Gasteiger partial charge in [-0.15, -0.1) is 6.58 Å². The average molecular weight is 177 g/mol.